The number of thiophene rings is 1. The lowest BCUT2D eigenvalue weighted by atomic mass is 10.2. The molecule has 2 rings (SSSR count). The van der Waals surface area contributed by atoms with E-state index >= 15 is 0 Å². The number of fused-ring (bicyclic) bond motifs is 1. The van der Waals surface area contributed by atoms with Crippen LogP contribution in [0.2, 0.25) is 5.02 Å². The summed E-state index contributed by atoms with van der Waals surface area (Å²) in [4.78, 5) is 12.6. The first kappa shape index (κ1) is 12.4. The number of halogens is 1. The van der Waals surface area contributed by atoms with Crippen LogP contribution < -0.4 is 5.32 Å². The number of nitrogens with one attached hydrogen (secondary N) is 1. The fraction of sp³-hybridized carbons (Fsp3) is 0.308. The van der Waals surface area contributed by atoms with Gasteiger partial charge in [-0.1, -0.05) is 43.6 Å². The molecule has 0 radical (unpaired) electrons. The van der Waals surface area contributed by atoms with Gasteiger partial charge in [0.25, 0.3) is 5.91 Å². The molecule has 0 saturated heterocycles. The van der Waals surface area contributed by atoms with Gasteiger partial charge >= 0.3 is 0 Å². The zero-order valence-corrected chi connectivity index (χ0v) is 11.4. The molecule has 0 aliphatic heterocycles. The molecule has 17 heavy (non-hydrogen) atoms. The molecule has 0 spiro atoms. The molecule has 1 aromatic heterocycles. The normalized spacial score (nSPS) is 11.1. The van der Waals surface area contributed by atoms with Gasteiger partial charge in [0, 0.05) is 16.6 Å². The van der Waals surface area contributed by atoms with Crippen molar-refractivity contribution in [3.05, 3.63) is 34.2 Å². The molecule has 1 N–H and O–H groups in total. The lowest BCUT2D eigenvalue weighted by Crippen LogP contribution is -2.26. The number of carbonyl (C=O) groups is 1. The molecule has 0 saturated carbocycles. The number of hydrogen-bond donors (Lipinski definition) is 1. The van der Waals surface area contributed by atoms with E-state index in [1.807, 2.05) is 24.3 Å². The molecule has 2 aromatic rings. The van der Waals surface area contributed by atoms with Gasteiger partial charge in [-0.3, -0.25) is 4.79 Å². The van der Waals surface area contributed by atoms with E-state index in [0.29, 0.717) is 22.4 Å². The lowest BCUT2D eigenvalue weighted by Gasteiger charge is -2.06. The van der Waals surface area contributed by atoms with Crippen LogP contribution in [0, 0.1) is 5.92 Å². The highest BCUT2D eigenvalue weighted by atomic mass is 35.5. The van der Waals surface area contributed by atoms with Gasteiger partial charge in [0.05, 0.1) is 5.02 Å². The van der Waals surface area contributed by atoms with Crippen LogP contribution in [-0.2, 0) is 0 Å². The first-order valence-corrected chi connectivity index (χ1v) is 6.74. The topological polar surface area (TPSA) is 29.1 Å². The zero-order chi connectivity index (χ0) is 12.4. The average Bonchev–Trinajstić information content (AvgIpc) is 2.64. The maximum atomic E-state index is 12.0. The highest BCUT2D eigenvalue weighted by molar-refractivity contribution is 7.21. The van der Waals surface area contributed by atoms with E-state index in [2.05, 4.69) is 19.2 Å². The van der Waals surface area contributed by atoms with Crippen molar-refractivity contribution in [3.63, 3.8) is 0 Å². The molecule has 1 heterocycles. The molecule has 0 atom stereocenters. The molecule has 2 nitrogen and oxygen atoms in total. The highest BCUT2D eigenvalue weighted by Gasteiger charge is 2.16. The summed E-state index contributed by atoms with van der Waals surface area (Å²) < 4.78 is 1.05. The third kappa shape index (κ3) is 2.61. The Morgan fingerprint density at radius 2 is 2.12 bits per heavy atom. The van der Waals surface area contributed by atoms with Crippen LogP contribution in [0.4, 0.5) is 0 Å². The maximum absolute atomic E-state index is 12.0. The summed E-state index contributed by atoms with van der Waals surface area (Å²) in [6.07, 6.45) is 0. The predicted octanol–water partition coefficient (Wildman–Crippen LogP) is 3.94. The molecule has 0 unspecified atom stereocenters. The Balaban J connectivity index is 2.29. The second-order valence-electron chi connectivity index (χ2n) is 4.35. The Kier molecular flexibility index (Phi) is 3.69. The fourth-order valence-electron chi connectivity index (χ4n) is 1.54. The molecule has 0 aliphatic rings. The summed E-state index contributed by atoms with van der Waals surface area (Å²) in [5.74, 6) is 0.358. The van der Waals surface area contributed by atoms with E-state index in [1.54, 1.807) is 0 Å². The molecule has 0 fully saturated rings. The summed E-state index contributed by atoms with van der Waals surface area (Å²) in [6.45, 7) is 4.79. The highest BCUT2D eigenvalue weighted by Crippen LogP contribution is 2.34. The minimum absolute atomic E-state index is 0.0788. The Morgan fingerprint density at radius 1 is 1.41 bits per heavy atom. The van der Waals surface area contributed by atoms with Crippen LogP contribution >= 0.6 is 22.9 Å². The quantitative estimate of drug-likeness (QED) is 0.897. The number of rotatable bonds is 3. The molecule has 4 heteroatoms. The standard InChI is InChI=1S/C13H14ClNOS/c1-8(2)7-15-13(16)12-11(14)9-5-3-4-6-10(9)17-12/h3-6,8H,7H2,1-2H3,(H,15,16). The molecule has 0 bridgehead atoms. The first-order valence-electron chi connectivity index (χ1n) is 5.55. The monoisotopic (exact) mass is 267 g/mol. The van der Waals surface area contributed by atoms with Crippen LogP contribution in [-0.4, -0.2) is 12.5 Å². The van der Waals surface area contributed by atoms with Gasteiger partial charge in [0.1, 0.15) is 4.88 Å². The van der Waals surface area contributed by atoms with Gasteiger partial charge in [0.2, 0.25) is 0 Å². The second kappa shape index (κ2) is 5.07. The van der Waals surface area contributed by atoms with E-state index in [1.165, 1.54) is 11.3 Å². The molecular formula is C13H14ClNOS. The third-order valence-corrected chi connectivity index (χ3v) is 4.09. The van der Waals surface area contributed by atoms with Gasteiger partial charge in [-0.15, -0.1) is 11.3 Å². The average molecular weight is 268 g/mol. The minimum atomic E-state index is -0.0788. The van der Waals surface area contributed by atoms with Crippen LogP contribution in [0.15, 0.2) is 24.3 Å². The number of carbonyl (C=O) groups excluding carboxylic acids is 1. The Bertz CT molecular complexity index is 547. The van der Waals surface area contributed by atoms with E-state index in [-0.39, 0.29) is 5.91 Å². The largest absolute Gasteiger partial charge is 0.351 e. The Hall–Kier alpha value is -1.06. The number of hydrogen-bond acceptors (Lipinski definition) is 2. The second-order valence-corrected chi connectivity index (χ2v) is 5.78. The molecule has 90 valence electrons. The van der Waals surface area contributed by atoms with Gasteiger partial charge in [-0.2, -0.15) is 0 Å². The summed E-state index contributed by atoms with van der Waals surface area (Å²) >= 11 is 7.66. The van der Waals surface area contributed by atoms with Gasteiger partial charge in [-0.25, -0.2) is 0 Å². The number of amides is 1. The first-order chi connectivity index (χ1) is 8.09. The van der Waals surface area contributed by atoms with Crippen molar-refractivity contribution in [3.8, 4) is 0 Å². The Labute approximate surface area is 110 Å². The van der Waals surface area contributed by atoms with Crippen molar-refractivity contribution in [1.82, 2.24) is 5.32 Å². The zero-order valence-electron chi connectivity index (χ0n) is 9.79. The summed E-state index contributed by atoms with van der Waals surface area (Å²) in [7, 11) is 0. The summed E-state index contributed by atoms with van der Waals surface area (Å²) in [5.41, 5.74) is 0. The minimum Gasteiger partial charge on any atom is -0.351 e. The lowest BCUT2D eigenvalue weighted by molar-refractivity contribution is 0.0953. The van der Waals surface area contributed by atoms with Crippen molar-refractivity contribution in [2.45, 2.75) is 13.8 Å². The SMILES string of the molecule is CC(C)CNC(=O)c1sc2ccccc2c1Cl. The summed E-state index contributed by atoms with van der Waals surface area (Å²) in [6, 6.07) is 7.79. The predicted molar refractivity (Wildman–Crippen MR) is 74.0 cm³/mol. The van der Waals surface area contributed by atoms with Crippen LogP contribution in [0.25, 0.3) is 10.1 Å². The smallest absolute Gasteiger partial charge is 0.262 e. The van der Waals surface area contributed by atoms with Crippen LogP contribution in [0.5, 0.6) is 0 Å². The molecule has 0 aliphatic carbocycles. The van der Waals surface area contributed by atoms with Crippen LogP contribution in [0.3, 0.4) is 0 Å². The maximum Gasteiger partial charge on any atom is 0.262 e. The van der Waals surface area contributed by atoms with Crippen molar-refractivity contribution in [2.75, 3.05) is 6.54 Å². The van der Waals surface area contributed by atoms with E-state index in [9.17, 15) is 4.79 Å². The van der Waals surface area contributed by atoms with Crippen molar-refractivity contribution in [2.24, 2.45) is 5.92 Å². The van der Waals surface area contributed by atoms with Crippen molar-refractivity contribution < 1.29 is 4.79 Å². The van der Waals surface area contributed by atoms with Crippen molar-refractivity contribution >= 4 is 38.9 Å². The third-order valence-electron chi connectivity index (χ3n) is 2.41. The van der Waals surface area contributed by atoms with Gasteiger partial charge in [-0.05, 0) is 12.0 Å². The van der Waals surface area contributed by atoms with Crippen LogP contribution in [0.1, 0.15) is 23.5 Å². The van der Waals surface area contributed by atoms with Crippen molar-refractivity contribution in [1.29, 1.82) is 0 Å². The summed E-state index contributed by atoms with van der Waals surface area (Å²) in [5, 5.41) is 4.40. The molecule has 1 amide bonds. The van der Waals surface area contributed by atoms with Gasteiger partial charge in [0.15, 0.2) is 0 Å². The number of benzene rings is 1. The molecular weight excluding hydrogens is 254 g/mol. The fourth-order valence-corrected chi connectivity index (χ4v) is 2.97. The van der Waals surface area contributed by atoms with E-state index in [4.69, 9.17) is 11.6 Å². The molecule has 1 aromatic carbocycles. The van der Waals surface area contributed by atoms with Gasteiger partial charge < -0.3 is 5.32 Å². The Morgan fingerprint density at radius 3 is 2.76 bits per heavy atom. The van der Waals surface area contributed by atoms with E-state index < -0.39 is 0 Å². The van der Waals surface area contributed by atoms with E-state index in [0.717, 1.165) is 10.1 Å².